The van der Waals surface area contributed by atoms with Crippen molar-refractivity contribution in [2.24, 2.45) is 5.92 Å². The summed E-state index contributed by atoms with van der Waals surface area (Å²) in [6.07, 6.45) is 4.78. The molecule has 2 fully saturated rings. The van der Waals surface area contributed by atoms with Gasteiger partial charge in [0, 0.05) is 0 Å². The van der Waals surface area contributed by atoms with Gasteiger partial charge in [-0.1, -0.05) is 6.92 Å². The quantitative estimate of drug-likeness (QED) is 0.553. The van der Waals surface area contributed by atoms with Crippen LogP contribution < -0.4 is 0 Å². The van der Waals surface area contributed by atoms with Crippen molar-refractivity contribution in [2.45, 2.75) is 51.4 Å². The Hall–Kier alpha value is -0.0800. The Morgan fingerprint density at radius 3 is 2.75 bits per heavy atom. The van der Waals surface area contributed by atoms with Crippen molar-refractivity contribution in [3.8, 4) is 0 Å². The molecule has 1 aliphatic heterocycles. The van der Waals surface area contributed by atoms with Crippen LogP contribution in [0.1, 0.15) is 33.1 Å². The third-order valence-corrected chi connectivity index (χ3v) is 2.95. The van der Waals surface area contributed by atoms with E-state index in [1.54, 1.807) is 0 Å². The van der Waals surface area contributed by atoms with Crippen molar-refractivity contribution in [3.05, 3.63) is 0 Å². The van der Waals surface area contributed by atoms with E-state index in [2.05, 4.69) is 13.8 Å². The highest BCUT2D eigenvalue weighted by molar-refractivity contribution is 4.83. The van der Waals surface area contributed by atoms with E-state index in [1.165, 1.54) is 19.3 Å². The fourth-order valence-corrected chi connectivity index (χ4v) is 2.23. The van der Waals surface area contributed by atoms with Crippen molar-refractivity contribution < 1.29 is 9.47 Å². The molecule has 0 bridgehead atoms. The average molecular weight is 170 g/mol. The first-order valence-corrected chi connectivity index (χ1v) is 5.03. The first-order chi connectivity index (χ1) is 5.75. The standard InChI is InChI=1S/C10H18O2/c1-7-3-4-9-10(5-7)11-6-8(2)12-9/h7-10H,3-6H2,1-2H3/t7-,8?,9?,10?/m1/s1. The predicted octanol–water partition coefficient (Wildman–Crippen LogP) is 1.98. The third-order valence-electron chi connectivity index (χ3n) is 2.95. The molecule has 3 unspecified atom stereocenters. The SMILES string of the molecule is CC1COC2C[C@H](C)CCC2O1. The molecule has 0 spiro atoms. The first kappa shape index (κ1) is 8.52. The molecule has 70 valence electrons. The highest BCUT2D eigenvalue weighted by atomic mass is 16.6. The minimum Gasteiger partial charge on any atom is -0.373 e. The number of hydrogen-bond acceptors (Lipinski definition) is 2. The largest absolute Gasteiger partial charge is 0.373 e. The van der Waals surface area contributed by atoms with E-state index >= 15 is 0 Å². The summed E-state index contributed by atoms with van der Waals surface area (Å²) in [6, 6.07) is 0. The summed E-state index contributed by atoms with van der Waals surface area (Å²) in [5.41, 5.74) is 0. The Morgan fingerprint density at radius 1 is 1.08 bits per heavy atom. The van der Waals surface area contributed by atoms with Gasteiger partial charge in [-0.2, -0.15) is 0 Å². The van der Waals surface area contributed by atoms with Crippen LogP contribution in [0.25, 0.3) is 0 Å². The average Bonchev–Trinajstić information content (AvgIpc) is 2.05. The molecule has 1 saturated carbocycles. The molecule has 0 aromatic rings. The van der Waals surface area contributed by atoms with Gasteiger partial charge in [-0.3, -0.25) is 0 Å². The number of fused-ring (bicyclic) bond motifs is 1. The molecule has 1 heterocycles. The molecule has 2 heteroatoms. The third kappa shape index (κ3) is 1.64. The Balaban J connectivity index is 1.94. The van der Waals surface area contributed by atoms with Crippen molar-refractivity contribution in [2.75, 3.05) is 6.61 Å². The van der Waals surface area contributed by atoms with Crippen LogP contribution in [0.5, 0.6) is 0 Å². The second kappa shape index (κ2) is 3.35. The molecule has 12 heavy (non-hydrogen) atoms. The summed E-state index contributed by atoms with van der Waals surface area (Å²) in [4.78, 5) is 0. The van der Waals surface area contributed by atoms with E-state index in [-0.39, 0.29) is 0 Å². The molecule has 4 atom stereocenters. The van der Waals surface area contributed by atoms with E-state index in [0.29, 0.717) is 18.3 Å². The van der Waals surface area contributed by atoms with Crippen LogP contribution in [0, 0.1) is 5.92 Å². The van der Waals surface area contributed by atoms with Crippen molar-refractivity contribution in [1.29, 1.82) is 0 Å². The molecule has 0 aromatic carbocycles. The van der Waals surface area contributed by atoms with Gasteiger partial charge in [0.15, 0.2) is 0 Å². The molecular formula is C10H18O2. The summed E-state index contributed by atoms with van der Waals surface area (Å²) in [5.74, 6) is 0.822. The molecule has 2 rings (SSSR count). The van der Waals surface area contributed by atoms with E-state index in [9.17, 15) is 0 Å². The Morgan fingerprint density at radius 2 is 1.92 bits per heavy atom. The fraction of sp³-hybridized carbons (Fsp3) is 1.00. The maximum Gasteiger partial charge on any atom is 0.0841 e. The highest BCUT2D eigenvalue weighted by Gasteiger charge is 2.34. The summed E-state index contributed by atoms with van der Waals surface area (Å²) < 4.78 is 11.6. The van der Waals surface area contributed by atoms with Crippen LogP contribution >= 0.6 is 0 Å². The lowest BCUT2D eigenvalue weighted by Crippen LogP contribution is -2.45. The van der Waals surface area contributed by atoms with Gasteiger partial charge in [0.05, 0.1) is 24.9 Å². The van der Waals surface area contributed by atoms with Gasteiger partial charge in [0.1, 0.15) is 0 Å². The Kier molecular flexibility index (Phi) is 2.37. The molecule has 1 aliphatic carbocycles. The van der Waals surface area contributed by atoms with E-state index < -0.39 is 0 Å². The van der Waals surface area contributed by atoms with E-state index in [0.717, 1.165) is 12.5 Å². The van der Waals surface area contributed by atoms with Crippen molar-refractivity contribution in [3.63, 3.8) is 0 Å². The van der Waals surface area contributed by atoms with Crippen LogP contribution in [-0.2, 0) is 9.47 Å². The van der Waals surface area contributed by atoms with Crippen LogP contribution in [0.4, 0.5) is 0 Å². The molecule has 0 N–H and O–H groups in total. The lowest BCUT2D eigenvalue weighted by atomic mass is 9.86. The smallest absolute Gasteiger partial charge is 0.0841 e. The number of rotatable bonds is 0. The van der Waals surface area contributed by atoms with Crippen LogP contribution in [0.15, 0.2) is 0 Å². The van der Waals surface area contributed by atoms with Gasteiger partial charge in [0.25, 0.3) is 0 Å². The Labute approximate surface area is 74.2 Å². The summed E-state index contributed by atoms with van der Waals surface area (Å²) >= 11 is 0. The molecule has 2 nitrogen and oxygen atoms in total. The van der Waals surface area contributed by atoms with Gasteiger partial charge < -0.3 is 9.47 Å². The number of hydrogen-bond donors (Lipinski definition) is 0. The molecule has 0 radical (unpaired) electrons. The van der Waals surface area contributed by atoms with E-state index in [4.69, 9.17) is 9.47 Å². The van der Waals surface area contributed by atoms with E-state index in [1.807, 2.05) is 0 Å². The molecule has 0 amide bonds. The van der Waals surface area contributed by atoms with Crippen molar-refractivity contribution in [1.82, 2.24) is 0 Å². The lowest BCUT2D eigenvalue weighted by Gasteiger charge is -2.40. The minimum absolute atomic E-state index is 0.305. The molecule has 0 aromatic heterocycles. The maximum absolute atomic E-state index is 5.81. The zero-order valence-electron chi connectivity index (χ0n) is 7.95. The van der Waals surface area contributed by atoms with Gasteiger partial charge in [-0.05, 0) is 32.1 Å². The molecule has 2 aliphatic rings. The highest BCUT2D eigenvalue weighted by Crippen LogP contribution is 2.31. The predicted molar refractivity (Wildman–Crippen MR) is 47.1 cm³/mol. The zero-order chi connectivity index (χ0) is 8.55. The lowest BCUT2D eigenvalue weighted by molar-refractivity contribution is -0.191. The number of ether oxygens (including phenoxy) is 2. The van der Waals surface area contributed by atoms with Gasteiger partial charge in [0.2, 0.25) is 0 Å². The maximum atomic E-state index is 5.81. The second-order valence-corrected chi connectivity index (χ2v) is 4.28. The normalized spacial score (nSPS) is 48.5. The fourth-order valence-electron chi connectivity index (χ4n) is 2.23. The van der Waals surface area contributed by atoms with Crippen LogP contribution in [-0.4, -0.2) is 24.9 Å². The van der Waals surface area contributed by atoms with Crippen molar-refractivity contribution >= 4 is 0 Å². The van der Waals surface area contributed by atoms with Gasteiger partial charge >= 0.3 is 0 Å². The van der Waals surface area contributed by atoms with Crippen LogP contribution in [0.3, 0.4) is 0 Å². The zero-order valence-corrected chi connectivity index (χ0v) is 7.95. The minimum atomic E-state index is 0.305. The van der Waals surface area contributed by atoms with Gasteiger partial charge in [-0.25, -0.2) is 0 Å². The summed E-state index contributed by atoms with van der Waals surface area (Å²) in [5, 5.41) is 0. The Bertz CT molecular complexity index is 140. The van der Waals surface area contributed by atoms with Crippen LogP contribution in [0.2, 0.25) is 0 Å². The molecule has 1 saturated heterocycles. The van der Waals surface area contributed by atoms with Gasteiger partial charge in [-0.15, -0.1) is 0 Å². The monoisotopic (exact) mass is 170 g/mol. The topological polar surface area (TPSA) is 18.5 Å². The molecular weight excluding hydrogens is 152 g/mol. The summed E-state index contributed by atoms with van der Waals surface area (Å²) in [7, 11) is 0. The summed E-state index contributed by atoms with van der Waals surface area (Å²) in [6.45, 7) is 5.18. The second-order valence-electron chi connectivity index (χ2n) is 4.28. The first-order valence-electron chi connectivity index (χ1n) is 5.03.